The van der Waals surface area contributed by atoms with E-state index in [1.54, 1.807) is 5.37 Å². The molecule has 0 N–H and O–H groups in total. The van der Waals surface area contributed by atoms with Gasteiger partial charge in [-0.25, -0.2) is 0 Å². The van der Waals surface area contributed by atoms with Gasteiger partial charge in [0, 0.05) is 22.4 Å². The Morgan fingerprint density at radius 3 is 2.68 bits per heavy atom. The molecule has 2 rings (SSSR count). The Morgan fingerprint density at radius 2 is 1.95 bits per heavy atom. The molecule has 0 fully saturated rings. The molecule has 0 aliphatic heterocycles. The zero-order chi connectivity index (χ0) is 13.7. The summed E-state index contributed by atoms with van der Waals surface area (Å²) in [4.78, 5) is 12.2. The van der Waals surface area contributed by atoms with E-state index in [1.165, 1.54) is 0 Å². The second-order valence-electron chi connectivity index (χ2n) is 4.26. The first-order valence-corrected chi connectivity index (χ1v) is 6.87. The van der Waals surface area contributed by atoms with Crippen LogP contribution in [0.3, 0.4) is 0 Å². The number of halogens is 1. The summed E-state index contributed by atoms with van der Waals surface area (Å²) in [5, 5.41) is 2.25. The lowest BCUT2D eigenvalue weighted by atomic mass is 9.99. The standard InChI is InChI=1S/C16H13ClOS/c17-14-6-3-4-12(10-14)8-9-16(18)15-7-2-1-5-13(15)11-19/h1-7,10-11H,8-9H2. The fourth-order valence-corrected chi connectivity index (χ4v) is 2.36. The van der Waals surface area contributed by atoms with Gasteiger partial charge in [0.25, 0.3) is 0 Å². The third kappa shape index (κ3) is 3.72. The summed E-state index contributed by atoms with van der Waals surface area (Å²) in [6.45, 7) is 0. The van der Waals surface area contributed by atoms with Gasteiger partial charge in [-0.15, -0.1) is 0 Å². The van der Waals surface area contributed by atoms with E-state index in [-0.39, 0.29) is 5.78 Å². The Morgan fingerprint density at radius 1 is 1.16 bits per heavy atom. The van der Waals surface area contributed by atoms with Crippen molar-refractivity contribution in [2.45, 2.75) is 12.8 Å². The van der Waals surface area contributed by atoms with Crippen LogP contribution in [0.2, 0.25) is 5.02 Å². The highest BCUT2D eigenvalue weighted by Gasteiger charge is 2.09. The predicted octanol–water partition coefficient (Wildman–Crippen LogP) is 4.50. The number of hydrogen-bond acceptors (Lipinski definition) is 2. The summed E-state index contributed by atoms with van der Waals surface area (Å²) in [6.07, 6.45) is 1.14. The molecule has 0 aliphatic rings. The highest BCUT2D eigenvalue weighted by molar-refractivity contribution is 7.79. The smallest absolute Gasteiger partial charge is 0.163 e. The van der Waals surface area contributed by atoms with E-state index in [0.29, 0.717) is 23.4 Å². The summed E-state index contributed by atoms with van der Waals surface area (Å²) in [5.41, 5.74) is 2.58. The van der Waals surface area contributed by atoms with Crippen LogP contribution < -0.4 is 0 Å². The quantitative estimate of drug-likeness (QED) is 0.595. The molecule has 96 valence electrons. The van der Waals surface area contributed by atoms with Gasteiger partial charge in [-0.1, -0.05) is 60.2 Å². The maximum atomic E-state index is 12.2. The molecule has 19 heavy (non-hydrogen) atoms. The molecule has 0 atom stereocenters. The number of thiocarbonyl (C=S) groups is 1. The lowest BCUT2D eigenvalue weighted by Crippen LogP contribution is -2.04. The van der Waals surface area contributed by atoms with Crippen molar-refractivity contribution < 1.29 is 4.79 Å². The Labute approximate surface area is 123 Å². The fourth-order valence-electron chi connectivity index (χ4n) is 1.94. The first-order chi connectivity index (χ1) is 9.20. The molecule has 2 aromatic carbocycles. The number of carbonyl (C=O) groups excluding carboxylic acids is 1. The van der Waals surface area contributed by atoms with Gasteiger partial charge in [0.2, 0.25) is 0 Å². The maximum absolute atomic E-state index is 12.2. The van der Waals surface area contributed by atoms with Crippen LogP contribution in [0.4, 0.5) is 0 Å². The Hall–Kier alpha value is -1.51. The van der Waals surface area contributed by atoms with Crippen LogP contribution in [0, 0.1) is 0 Å². The van der Waals surface area contributed by atoms with Crippen LogP contribution in [0.15, 0.2) is 48.5 Å². The van der Waals surface area contributed by atoms with Gasteiger partial charge in [-0.2, -0.15) is 0 Å². The normalized spacial score (nSPS) is 10.2. The highest BCUT2D eigenvalue weighted by Crippen LogP contribution is 2.15. The molecule has 1 nitrogen and oxygen atoms in total. The molecule has 0 bridgehead atoms. The molecule has 0 amide bonds. The van der Waals surface area contributed by atoms with E-state index >= 15 is 0 Å². The first-order valence-electron chi connectivity index (χ1n) is 6.02. The van der Waals surface area contributed by atoms with Crippen LogP contribution in [-0.4, -0.2) is 11.2 Å². The van der Waals surface area contributed by atoms with E-state index in [0.717, 1.165) is 11.1 Å². The summed E-state index contributed by atoms with van der Waals surface area (Å²) in [6, 6.07) is 15.0. The average Bonchev–Trinajstić information content (AvgIpc) is 2.45. The zero-order valence-electron chi connectivity index (χ0n) is 10.3. The SMILES string of the molecule is O=C(CCc1cccc(Cl)c1)c1ccccc1C=S. The van der Waals surface area contributed by atoms with Crippen LogP contribution in [-0.2, 0) is 6.42 Å². The van der Waals surface area contributed by atoms with Crippen LogP contribution in [0.25, 0.3) is 0 Å². The number of Topliss-reactive ketones (excluding diaryl/α,β-unsaturated/α-hetero) is 1. The van der Waals surface area contributed by atoms with Crippen molar-refractivity contribution >= 4 is 35.0 Å². The summed E-state index contributed by atoms with van der Waals surface area (Å²) < 4.78 is 0. The molecule has 3 heteroatoms. The number of carbonyl (C=O) groups is 1. The maximum Gasteiger partial charge on any atom is 0.163 e. The van der Waals surface area contributed by atoms with Crippen molar-refractivity contribution in [2.75, 3.05) is 0 Å². The van der Waals surface area contributed by atoms with E-state index in [1.807, 2.05) is 48.5 Å². The van der Waals surface area contributed by atoms with E-state index in [2.05, 4.69) is 0 Å². The van der Waals surface area contributed by atoms with Crippen molar-refractivity contribution in [2.24, 2.45) is 0 Å². The molecule has 0 heterocycles. The largest absolute Gasteiger partial charge is 0.294 e. The van der Waals surface area contributed by atoms with Gasteiger partial charge in [0.05, 0.1) is 0 Å². The monoisotopic (exact) mass is 288 g/mol. The predicted molar refractivity (Wildman–Crippen MR) is 83.3 cm³/mol. The summed E-state index contributed by atoms with van der Waals surface area (Å²) in [5.74, 6) is 0.108. The van der Waals surface area contributed by atoms with Crippen LogP contribution in [0.5, 0.6) is 0 Å². The lowest BCUT2D eigenvalue weighted by molar-refractivity contribution is 0.0983. The van der Waals surface area contributed by atoms with Gasteiger partial charge in [-0.05, 0) is 29.7 Å². The molecule has 0 aliphatic carbocycles. The Bertz CT molecular complexity index is 607. The molecule has 0 saturated heterocycles. The van der Waals surface area contributed by atoms with Crippen LogP contribution >= 0.6 is 23.8 Å². The number of ketones is 1. The second-order valence-corrected chi connectivity index (χ2v) is 4.93. The van der Waals surface area contributed by atoms with Crippen molar-refractivity contribution in [3.8, 4) is 0 Å². The van der Waals surface area contributed by atoms with Gasteiger partial charge < -0.3 is 0 Å². The number of benzene rings is 2. The van der Waals surface area contributed by atoms with E-state index in [4.69, 9.17) is 23.8 Å². The first kappa shape index (κ1) is 13.9. The van der Waals surface area contributed by atoms with Crippen LogP contribution in [0.1, 0.15) is 27.9 Å². The van der Waals surface area contributed by atoms with Crippen molar-refractivity contribution in [1.82, 2.24) is 0 Å². The minimum atomic E-state index is 0.108. The topological polar surface area (TPSA) is 17.1 Å². The Balaban J connectivity index is 2.07. The van der Waals surface area contributed by atoms with Gasteiger partial charge in [0.15, 0.2) is 5.78 Å². The second kappa shape index (κ2) is 6.60. The van der Waals surface area contributed by atoms with Gasteiger partial charge >= 0.3 is 0 Å². The number of rotatable bonds is 5. The molecule has 0 spiro atoms. The Kier molecular flexibility index (Phi) is 4.83. The minimum absolute atomic E-state index is 0.108. The minimum Gasteiger partial charge on any atom is -0.294 e. The molecular weight excluding hydrogens is 276 g/mol. The third-order valence-corrected chi connectivity index (χ3v) is 3.41. The van der Waals surface area contributed by atoms with Crippen molar-refractivity contribution in [3.63, 3.8) is 0 Å². The van der Waals surface area contributed by atoms with Gasteiger partial charge in [-0.3, -0.25) is 4.79 Å². The molecule has 0 radical (unpaired) electrons. The van der Waals surface area contributed by atoms with Gasteiger partial charge in [0.1, 0.15) is 0 Å². The summed E-state index contributed by atoms with van der Waals surface area (Å²) in [7, 11) is 0. The number of aryl methyl sites for hydroxylation is 1. The lowest BCUT2D eigenvalue weighted by Gasteiger charge is -2.05. The molecule has 0 aromatic heterocycles. The molecule has 0 saturated carbocycles. The van der Waals surface area contributed by atoms with E-state index in [9.17, 15) is 4.79 Å². The van der Waals surface area contributed by atoms with Crippen molar-refractivity contribution in [3.05, 3.63) is 70.2 Å². The highest BCUT2D eigenvalue weighted by atomic mass is 35.5. The number of hydrogen-bond donors (Lipinski definition) is 0. The average molecular weight is 289 g/mol. The molecule has 0 unspecified atom stereocenters. The zero-order valence-corrected chi connectivity index (χ0v) is 11.9. The van der Waals surface area contributed by atoms with Crippen molar-refractivity contribution in [1.29, 1.82) is 0 Å². The van der Waals surface area contributed by atoms with E-state index < -0.39 is 0 Å². The fraction of sp³-hybridized carbons (Fsp3) is 0.125. The summed E-state index contributed by atoms with van der Waals surface area (Å²) >= 11 is 10.8. The molecular formula is C16H13ClOS. The third-order valence-electron chi connectivity index (χ3n) is 2.92. The molecule has 2 aromatic rings.